The molecule has 1 aromatic carbocycles. The van der Waals surface area contributed by atoms with E-state index in [-0.39, 0.29) is 23.8 Å². The average molecular weight is 275 g/mol. The van der Waals surface area contributed by atoms with E-state index >= 15 is 0 Å². The number of carbonyl (C=O) groups is 2. The lowest BCUT2D eigenvalue weighted by Crippen LogP contribution is -2.44. The van der Waals surface area contributed by atoms with Gasteiger partial charge in [-0.25, -0.2) is 9.69 Å². The summed E-state index contributed by atoms with van der Waals surface area (Å²) in [5.74, 6) is -0.173. The standard InChI is InChI=1S/C16H21NO3/c1-11(2)14-10-20-16(19)17(14)15(18)12(3)9-13-7-5-4-6-8-13/h4-8,11-12,14H,9-10H2,1-3H3/t12-,14?/m1/s1. The Bertz CT molecular complexity index is 484. The van der Waals surface area contributed by atoms with Crippen molar-refractivity contribution in [2.24, 2.45) is 11.8 Å². The van der Waals surface area contributed by atoms with Gasteiger partial charge in [-0.05, 0) is 17.9 Å². The topological polar surface area (TPSA) is 46.6 Å². The van der Waals surface area contributed by atoms with Gasteiger partial charge in [0.2, 0.25) is 5.91 Å². The number of cyclic esters (lactones) is 1. The Hall–Kier alpha value is -1.84. The third-order valence-electron chi connectivity index (χ3n) is 3.72. The molecule has 4 nitrogen and oxygen atoms in total. The maximum absolute atomic E-state index is 12.5. The summed E-state index contributed by atoms with van der Waals surface area (Å²) in [4.78, 5) is 25.6. The van der Waals surface area contributed by atoms with Crippen molar-refractivity contribution in [1.29, 1.82) is 0 Å². The number of amides is 2. The second-order valence-corrected chi connectivity index (χ2v) is 5.69. The molecule has 0 N–H and O–H groups in total. The predicted molar refractivity (Wildman–Crippen MR) is 76.1 cm³/mol. The summed E-state index contributed by atoms with van der Waals surface area (Å²) in [7, 11) is 0. The first-order valence-electron chi connectivity index (χ1n) is 7.04. The van der Waals surface area contributed by atoms with Crippen LogP contribution in [0.2, 0.25) is 0 Å². The molecule has 1 aliphatic rings. The van der Waals surface area contributed by atoms with Gasteiger partial charge in [0.15, 0.2) is 0 Å². The maximum atomic E-state index is 12.5. The Morgan fingerprint density at radius 1 is 1.30 bits per heavy atom. The average Bonchev–Trinajstić information content (AvgIpc) is 2.81. The van der Waals surface area contributed by atoms with Crippen molar-refractivity contribution >= 4 is 12.0 Å². The quantitative estimate of drug-likeness (QED) is 0.849. The Morgan fingerprint density at radius 3 is 2.55 bits per heavy atom. The molecule has 1 aromatic rings. The Labute approximate surface area is 119 Å². The van der Waals surface area contributed by atoms with Crippen LogP contribution in [0.5, 0.6) is 0 Å². The molecule has 1 aliphatic heterocycles. The summed E-state index contributed by atoms with van der Waals surface area (Å²) < 4.78 is 5.03. The summed E-state index contributed by atoms with van der Waals surface area (Å²) >= 11 is 0. The first-order chi connectivity index (χ1) is 9.50. The molecule has 0 aliphatic carbocycles. The second-order valence-electron chi connectivity index (χ2n) is 5.69. The highest BCUT2D eigenvalue weighted by Crippen LogP contribution is 2.23. The van der Waals surface area contributed by atoms with Crippen LogP contribution in [0.1, 0.15) is 26.3 Å². The van der Waals surface area contributed by atoms with Gasteiger partial charge in [0.05, 0.1) is 6.04 Å². The first-order valence-corrected chi connectivity index (χ1v) is 7.04. The smallest absolute Gasteiger partial charge is 0.416 e. The van der Waals surface area contributed by atoms with Crippen molar-refractivity contribution in [1.82, 2.24) is 4.90 Å². The molecule has 2 amide bonds. The number of rotatable bonds is 4. The molecule has 4 heteroatoms. The normalized spacial score (nSPS) is 20.1. The minimum Gasteiger partial charge on any atom is -0.447 e. The Kier molecular flexibility index (Phi) is 4.42. The van der Waals surface area contributed by atoms with Gasteiger partial charge in [-0.1, -0.05) is 51.1 Å². The van der Waals surface area contributed by atoms with Crippen LogP contribution in [-0.2, 0) is 16.0 Å². The van der Waals surface area contributed by atoms with Crippen molar-refractivity contribution in [3.05, 3.63) is 35.9 Å². The summed E-state index contributed by atoms with van der Waals surface area (Å²) in [5, 5.41) is 0. The van der Waals surface area contributed by atoms with Crippen molar-refractivity contribution in [2.45, 2.75) is 33.2 Å². The van der Waals surface area contributed by atoms with Crippen LogP contribution in [0.4, 0.5) is 4.79 Å². The van der Waals surface area contributed by atoms with Crippen molar-refractivity contribution in [3.63, 3.8) is 0 Å². The molecule has 2 atom stereocenters. The van der Waals surface area contributed by atoms with Gasteiger partial charge < -0.3 is 4.74 Å². The minimum absolute atomic E-state index is 0.143. The third-order valence-corrected chi connectivity index (χ3v) is 3.72. The SMILES string of the molecule is CC(C)C1COC(=O)N1C(=O)[C@H](C)Cc1ccccc1. The van der Waals surface area contributed by atoms with Gasteiger partial charge in [-0.15, -0.1) is 0 Å². The van der Waals surface area contributed by atoms with E-state index in [0.717, 1.165) is 5.56 Å². The lowest BCUT2D eigenvalue weighted by Gasteiger charge is -2.25. The zero-order valence-corrected chi connectivity index (χ0v) is 12.2. The molecule has 0 saturated carbocycles. The number of hydrogen-bond donors (Lipinski definition) is 0. The van der Waals surface area contributed by atoms with Crippen LogP contribution in [0.25, 0.3) is 0 Å². The monoisotopic (exact) mass is 275 g/mol. The first kappa shape index (κ1) is 14.6. The zero-order chi connectivity index (χ0) is 14.7. The molecule has 1 fully saturated rings. The second kappa shape index (κ2) is 6.07. The summed E-state index contributed by atoms with van der Waals surface area (Å²) in [5.41, 5.74) is 1.10. The van der Waals surface area contributed by atoms with Crippen LogP contribution >= 0.6 is 0 Å². The molecular weight excluding hydrogens is 254 g/mol. The van der Waals surface area contributed by atoms with E-state index in [2.05, 4.69) is 0 Å². The molecule has 1 heterocycles. The van der Waals surface area contributed by atoms with Crippen molar-refractivity contribution < 1.29 is 14.3 Å². The van der Waals surface area contributed by atoms with Crippen LogP contribution < -0.4 is 0 Å². The van der Waals surface area contributed by atoms with E-state index in [1.54, 1.807) is 0 Å². The number of hydrogen-bond acceptors (Lipinski definition) is 3. The lowest BCUT2D eigenvalue weighted by atomic mass is 9.97. The molecule has 108 valence electrons. The predicted octanol–water partition coefficient (Wildman–Crippen LogP) is 2.87. The fourth-order valence-corrected chi connectivity index (χ4v) is 2.47. The molecule has 1 saturated heterocycles. The van der Waals surface area contributed by atoms with Gasteiger partial charge in [0.25, 0.3) is 0 Å². The van der Waals surface area contributed by atoms with E-state index in [0.29, 0.717) is 13.0 Å². The largest absolute Gasteiger partial charge is 0.447 e. The number of benzene rings is 1. The highest BCUT2D eigenvalue weighted by molar-refractivity contribution is 5.94. The zero-order valence-electron chi connectivity index (χ0n) is 12.2. The van der Waals surface area contributed by atoms with Gasteiger partial charge in [0, 0.05) is 5.92 Å². The van der Waals surface area contributed by atoms with E-state index < -0.39 is 6.09 Å². The molecule has 20 heavy (non-hydrogen) atoms. The molecule has 1 unspecified atom stereocenters. The molecule has 0 radical (unpaired) electrons. The van der Waals surface area contributed by atoms with Gasteiger partial charge in [0.1, 0.15) is 6.61 Å². The fourth-order valence-electron chi connectivity index (χ4n) is 2.47. The lowest BCUT2D eigenvalue weighted by molar-refractivity contribution is -0.133. The van der Waals surface area contributed by atoms with Gasteiger partial charge in [-0.3, -0.25) is 4.79 Å². The van der Waals surface area contributed by atoms with Crippen LogP contribution in [0.15, 0.2) is 30.3 Å². The number of nitrogens with zero attached hydrogens (tertiary/aromatic N) is 1. The van der Waals surface area contributed by atoms with Crippen LogP contribution in [-0.4, -0.2) is 29.5 Å². The van der Waals surface area contributed by atoms with Crippen LogP contribution in [0, 0.1) is 11.8 Å². The number of imide groups is 1. The minimum atomic E-state index is -0.506. The molecule has 0 bridgehead atoms. The fraction of sp³-hybridized carbons (Fsp3) is 0.500. The summed E-state index contributed by atoms with van der Waals surface area (Å²) in [6.45, 7) is 6.15. The van der Waals surface area contributed by atoms with Crippen molar-refractivity contribution in [2.75, 3.05) is 6.61 Å². The molecule has 0 spiro atoms. The van der Waals surface area contributed by atoms with Gasteiger partial charge >= 0.3 is 6.09 Å². The van der Waals surface area contributed by atoms with E-state index in [9.17, 15) is 9.59 Å². The summed E-state index contributed by atoms with van der Waals surface area (Å²) in [6.07, 6.45) is 0.127. The van der Waals surface area contributed by atoms with Crippen molar-refractivity contribution in [3.8, 4) is 0 Å². The maximum Gasteiger partial charge on any atom is 0.416 e. The van der Waals surface area contributed by atoms with E-state index in [1.165, 1.54) is 4.90 Å². The Balaban J connectivity index is 2.07. The highest BCUT2D eigenvalue weighted by Gasteiger charge is 2.40. The molecule has 2 rings (SSSR count). The Morgan fingerprint density at radius 2 is 1.95 bits per heavy atom. The molecular formula is C16H21NO3. The summed E-state index contributed by atoms with van der Waals surface area (Å²) in [6, 6.07) is 9.69. The van der Waals surface area contributed by atoms with E-state index in [1.807, 2.05) is 51.1 Å². The molecule has 0 aromatic heterocycles. The number of carbonyl (C=O) groups excluding carboxylic acids is 2. The van der Waals surface area contributed by atoms with Crippen LogP contribution in [0.3, 0.4) is 0 Å². The highest BCUT2D eigenvalue weighted by atomic mass is 16.6. The van der Waals surface area contributed by atoms with Gasteiger partial charge in [-0.2, -0.15) is 0 Å². The number of ether oxygens (including phenoxy) is 1. The van der Waals surface area contributed by atoms with E-state index in [4.69, 9.17) is 4.74 Å². The third kappa shape index (κ3) is 3.00.